The summed E-state index contributed by atoms with van der Waals surface area (Å²) in [5, 5.41) is 1.24. The molecule has 5 nitrogen and oxygen atoms in total. The Labute approximate surface area is 154 Å². The molecule has 1 aliphatic rings. The Morgan fingerprint density at radius 2 is 2.15 bits per heavy atom. The molecule has 26 heavy (non-hydrogen) atoms. The number of aromatic nitrogens is 3. The second-order valence-corrected chi connectivity index (χ2v) is 7.06. The molecule has 0 saturated carbocycles. The standard InChI is InChI=1S/C21H26N4O/c1-16-14-20(18-7-3-4-8-19(18)23-16)25-10-5-6-17(15-25)21-22-9-11-24(21)12-13-26-2/h3-4,7-9,11,14,17H,5-6,10,12-13,15H2,1-2H3. The number of rotatable bonds is 5. The van der Waals surface area contributed by atoms with Gasteiger partial charge in [0.1, 0.15) is 5.82 Å². The predicted octanol–water partition coefficient (Wildman–Crippen LogP) is 3.77. The van der Waals surface area contributed by atoms with E-state index in [2.05, 4.69) is 57.9 Å². The number of fused-ring (bicyclic) bond motifs is 1. The van der Waals surface area contributed by atoms with Gasteiger partial charge in [-0.1, -0.05) is 18.2 Å². The van der Waals surface area contributed by atoms with E-state index in [1.54, 1.807) is 7.11 Å². The monoisotopic (exact) mass is 350 g/mol. The molecule has 0 aliphatic carbocycles. The van der Waals surface area contributed by atoms with E-state index in [1.165, 1.54) is 29.7 Å². The van der Waals surface area contributed by atoms with Crippen molar-refractivity contribution in [2.24, 2.45) is 0 Å². The Hall–Kier alpha value is -2.40. The van der Waals surface area contributed by atoms with Crippen LogP contribution in [0, 0.1) is 6.92 Å². The third-order valence-corrected chi connectivity index (χ3v) is 5.23. The first-order valence-corrected chi connectivity index (χ1v) is 9.37. The molecular weight excluding hydrogens is 324 g/mol. The van der Waals surface area contributed by atoms with Gasteiger partial charge in [-0.2, -0.15) is 0 Å². The summed E-state index contributed by atoms with van der Waals surface area (Å²) in [4.78, 5) is 11.9. The van der Waals surface area contributed by atoms with Crippen molar-refractivity contribution >= 4 is 16.6 Å². The fourth-order valence-corrected chi connectivity index (χ4v) is 4.01. The first-order valence-electron chi connectivity index (χ1n) is 9.37. The van der Waals surface area contributed by atoms with E-state index in [9.17, 15) is 0 Å². The zero-order valence-electron chi connectivity index (χ0n) is 15.6. The molecule has 1 aromatic carbocycles. The van der Waals surface area contributed by atoms with Gasteiger partial charge in [0.15, 0.2) is 0 Å². The number of para-hydroxylation sites is 1. The Bertz CT molecular complexity index is 889. The lowest BCUT2D eigenvalue weighted by atomic mass is 9.96. The van der Waals surface area contributed by atoms with E-state index in [-0.39, 0.29) is 0 Å². The average molecular weight is 350 g/mol. The van der Waals surface area contributed by atoms with Crippen molar-refractivity contribution in [1.82, 2.24) is 14.5 Å². The van der Waals surface area contributed by atoms with Crippen molar-refractivity contribution in [1.29, 1.82) is 0 Å². The molecule has 3 aromatic rings. The predicted molar refractivity (Wildman–Crippen MR) is 105 cm³/mol. The molecule has 0 amide bonds. The highest BCUT2D eigenvalue weighted by Crippen LogP contribution is 2.33. The molecule has 1 saturated heterocycles. The maximum absolute atomic E-state index is 5.24. The fourth-order valence-electron chi connectivity index (χ4n) is 4.01. The van der Waals surface area contributed by atoms with Gasteiger partial charge in [-0.25, -0.2) is 4.98 Å². The average Bonchev–Trinajstić information content (AvgIpc) is 3.14. The molecule has 2 aromatic heterocycles. The topological polar surface area (TPSA) is 43.2 Å². The number of imidazole rings is 1. The van der Waals surface area contributed by atoms with Crippen molar-refractivity contribution < 1.29 is 4.74 Å². The van der Waals surface area contributed by atoms with Gasteiger partial charge in [0, 0.05) is 61.8 Å². The Balaban J connectivity index is 1.63. The van der Waals surface area contributed by atoms with Crippen molar-refractivity contribution in [3.05, 3.63) is 54.2 Å². The summed E-state index contributed by atoms with van der Waals surface area (Å²) in [6.07, 6.45) is 6.34. The van der Waals surface area contributed by atoms with Crippen molar-refractivity contribution in [3.63, 3.8) is 0 Å². The zero-order chi connectivity index (χ0) is 17.9. The Morgan fingerprint density at radius 1 is 1.27 bits per heavy atom. The van der Waals surface area contributed by atoms with Crippen molar-refractivity contribution in [3.8, 4) is 0 Å². The quantitative estimate of drug-likeness (QED) is 0.702. The summed E-state index contributed by atoms with van der Waals surface area (Å²) in [6, 6.07) is 10.7. The summed E-state index contributed by atoms with van der Waals surface area (Å²) in [7, 11) is 1.75. The van der Waals surface area contributed by atoms with E-state index in [1.807, 2.05) is 6.20 Å². The largest absolute Gasteiger partial charge is 0.383 e. The molecule has 0 radical (unpaired) electrons. The van der Waals surface area contributed by atoms with Crippen LogP contribution in [0.2, 0.25) is 0 Å². The minimum atomic E-state index is 0.447. The van der Waals surface area contributed by atoms with Gasteiger partial charge in [0.05, 0.1) is 12.1 Å². The normalized spacial score (nSPS) is 17.8. The van der Waals surface area contributed by atoms with Crippen LogP contribution < -0.4 is 4.90 Å². The molecule has 136 valence electrons. The second kappa shape index (κ2) is 7.46. The number of pyridine rings is 1. The molecule has 1 aliphatic heterocycles. The molecule has 3 heterocycles. The number of aryl methyl sites for hydroxylation is 1. The molecule has 4 rings (SSSR count). The molecular formula is C21H26N4O. The summed E-state index contributed by atoms with van der Waals surface area (Å²) in [6.45, 7) is 5.74. The van der Waals surface area contributed by atoms with E-state index < -0.39 is 0 Å². The first kappa shape index (κ1) is 17.0. The lowest BCUT2D eigenvalue weighted by Gasteiger charge is -2.35. The number of methoxy groups -OCH3 is 1. The van der Waals surface area contributed by atoms with E-state index >= 15 is 0 Å². The maximum atomic E-state index is 5.24. The minimum absolute atomic E-state index is 0.447. The molecule has 0 N–H and O–H groups in total. The molecule has 0 spiro atoms. The lowest BCUT2D eigenvalue weighted by molar-refractivity contribution is 0.185. The number of hydrogen-bond donors (Lipinski definition) is 0. The number of benzene rings is 1. The van der Waals surface area contributed by atoms with Crippen LogP contribution in [0.5, 0.6) is 0 Å². The highest BCUT2D eigenvalue weighted by Gasteiger charge is 2.26. The Morgan fingerprint density at radius 3 is 3.04 bits per heavy atom. The second-order valence-electron chi connectivity index (χ2n) is 7.06. The van der Waals surface area contributed by atoms with Gasteiger partial charge in [-0.15, -0.1) is 0 Å². The summed E-state index contributed by atoms with van der Waals surface area (Å²) < 4.78 is 7.49. The summed E-state index contributed by atoms with van der Waals surface area (Å²) >= 11 is 0. The molecule has 1 unspecified atom stereocenters. The summed E-state index contributed by atoms with van der Waals surface area (Å²) in [5.41, 5.74) is 3.45. The number of anilines is 1. The zero-order valence-corrected chi connectivity index (χ0v) is 15.6. The lowest BCUT2D eigenvalue weighted by Crippen LogP contribution is -2.35. The van der Waals surface area contributed by atoms with Gasteiger partial charge in [-0.3, -0.25) is 4.98 Å². The first-order chi connectivity index (χ1) is 12.8. The third-order valence-electron chi connectivity index (χ3n) is 5.23. The SMILES string of the molecule is COCCn1ccnc1C1CCCN(c2cc(C)nc3ccccc23)C1. The minimum Gasteiger partial charge on any atom is -0.383 e. The van der Waals surface area contributed by atoms with Gasteiger partial charge in [-0.05, 0) is 31.9 Å². The van der Waals surface area contributed by atoms with Crippen LogP contribution in [-0.2, 0) is 11.3 Å². The van der Waals surface area contributed by atoms with Crippen LogP contribution in [0.15, 0.2) is 42.7 Å². The molecule has 5 heteroatoms. The Kier molecular flexibility index (Phi) is 4.89. The molecule has 1 fully saturated rings. The molecule has 1 atom stereocenters. The van der Waals surface area contributed by atoms with Crippen molar-refractivity contribution in [2.75, 3.05) is 31.7 Å². The van der Waals surface area contributed by atoms with Gasteiger partial charge < -0.3 is 14.2 Å². The van der Waals surface area contributed by atoms with Crippen LogP contribution in [-0.4, -0.2) is 41.3 Å². The van der Waals surface area contributed by atoms with Crippen LogP contribution in [0.1, 0.15) is 30.3 Å². The number of ether oxygens (including phenoxy) is 1. The summed E-state index contributed by atoms with van der Waals surface area (Å²) in [5.74, 6) is 1.63. The number of nitrogens with zero attached hydrogens (tertiary/aromatic N) is 4. The molecule has 0 bridgehead atoms. The van der Waals surface area contributed by atoms with E-state index in [0.717, 1.165) is 30.8 Å². The van der Waals surface area contributed by atoms with Crippen LogP contribution in [0.4, 0.5) is 5.69 Å². The van der Waals surface area contributed by atoms with Gasteiger partial charge in [0.2, 0.25) is 0 Å². The highest BCUT2D eigenvalue weighted by molar-refractivity contribution is 5.92. The van der Waals surface area contributed by atoms with Crippen LogP contribution >= 0.6 is 0 Å². The fraction of sp³-hybridized carbons (Fsp3) is 0.429. The third kappa shape index (κ3) is 3.31. The maximum Gasteiger partial charge on any atom is 0.113 e. The van der Waals surface area contributed by atoms with E-state index in [0.29, 0.717) is 12.5 Å². The number of hydrogen-bond acceptors (Lipinski definition) is 4. The highest BCUT2D eigenvalue weighted by atomic mass is 16.5. The van der Waals surface area contributed by atoms with Crippen LogP contribution in [0.3, 0.4) is 0 Å². The van der Waals surface area contributed by atoms with Gasteiger partial charge in [0.25, 0.3) is 0 Å². The van der Waals surface area contributed by atoms with Gasteiger partial charge >= 0.3 is 0 Å². The van der Waals surface area contributed by atoms with Crippen molar-refractivity contribution in [2.45, 2.75) is 32.2 Å². The van der Waals surface area contributed by atoms with Crippen LogP contribution in [0.25, 0.3) is 10.9 Å². The number of piperidine rings is 1. The smallest absolute Gasteiger partial charge is 0.113 e. The van der Waals surface area contributed by atoms with E-state index in [4.69, 9.17) is 9.72 Å².